The van der Waals surface area contributed by atoms with Crippen molar-refractivity contribution in [1.82, 2.24) is 0 Å². The summed E-state index contributed by atoms with van der Waals surface area (Å²) in [7, 11) is 0. The quantitative estimate of drug-likeness (QED) is 0.139. The van der Waals surface area contributed by atoms with Gasteiger partial charge in [0.25, 0.3) is 0 Å². The molecule has 11 N–H and O–H groups in total. The molecule has 13 heteroatoms. The third-order valence-electron chi connectivity index (χ3n) is 6.57. The summed E-state index contributed by atoms with van der Waals surface area (Å²) in [6, 6.07) is 0. The van der Waals surface area contributed by atoms with Crippen LogP contribution in [0.2, 0.25) is 0 Å². The Morgan fingerprint density at radius 1 is 0.771 bits per heavy atom. The summed E-state index contributed by atoms with van der Waals surface area (Å²) in [5, 5.41) is 116. The Labute approximate surface area is 202 Å². The number of rotatable bonds is 8. The van der Waals surface area contributed by atoms with E-state index in [0.29, 0.717) is 6.42 Å². The zero-order valence-corrected chi connectivity index (χ0v) is 19.8. The molecule has 0 aromatic rings. The first-order chi connectivity index (χ1) is 16.1. The molecule has 0 aliphatic carbocycles. The fourth-order valence-electron chi connectivity index (χ4n) is 4.42. The first-order valence-electron chi connectivity index (χ1n) is 11.3. The van der Waals surface area contributed by atoms with E-state index in [4.69, 9.17) is 9.47 Å². The molecule has 0 bridgehead atoms. The van der Waals surface area contributed by atoms with Crippen LogP contribution in [0.5, 0.6) is 0 Å². The molecule has 13 nitrogen and oxygen atoms in total. The second-order valence-electron chi connectivity index (χ2n) is 9.50. The molecule has 0 spiro atoms. The van der Waals surface area contributed by atoms with E-state index >= 15 is 0 Å². The van der Waals surface area contributed by atoms with Crippen molar-refractivity contribution in [2.45, 2.75) is 99.6 Å². The highest BCUT2D eigenvalue weighted by molar-refractivity contribution is 5.26. The van der Waals surface area contributed by atoms with Gasteiger partial charge in [0, 0.05) is 0 Å². The maximum atomic E-state index is 11.8. The summed E-state index contributed by atoms with van der Waals surface area (Å²) in [6.07, 6.45) is -13.7. The van der Waals surface area contributed by atoms with Crippen LogP contribution in [0.15, 0.2) is 23.3 Å². The van der Waals surface area contributed by atoms with Crippen molar-refractivity contribution >= 4 is 0 Å². The Hall–Kier alpha value is -1.04. The molecule has 2 fully saturated rings. The highest BCUT2D eigenvalue weighted by Gasteiger charge is 2.74. The average molecular weight is 511 g/mol. The maximum absolute atomic E-state index is 11.8. The summed E-state index contributed by atoms with van der Waals surface area (Å²) < 4.78 is 10.4. The van der Waals surface area contributed by atoms with Crippen LogP contribution in [-0.2, 0) is 9.47 Å². The molecule has 2 aliphatic heterocycles. The third kappa shape index (κ3) is 5.20. The van der Waals surface area contributed by atoms with Crippen LogP contribution in [0.4, 0.5) is 0 Å². The summed E-state index contributed by atoms with van der Waals surface area (Å²) in [5.74, 6) is -6.93. The van der Waals surface area contributed by atoms with Crippen LogP contribution in [0.1, 0.15) is 33.6 Å². The van der Waals surface area contributed by atoms with Gasteiger partial charge in [0.2, 0.25) is 11.6 Å². The highest BCUT2D eigenvalue weighted by Crippen LogP contribution is 2.48. The van der Waals surface area contributed by atoms with E-state index in [1.807, 2.05) is 19.9 Å². The molecular formula is C22H38O13. The minimum Gasteiger partial charge on any atom is -0.394 e. The van der Waals surface area contributed by atoms with Crippen LogP contribution in [-0.4, -0.2) is 135 Å². The van der Waals surface area contributed by atoms with E-state index in [9.17, 15) is 56.2 Å². The van der Waals surface area contributed by atoms with Crippen LogP contribution in [0.25, 0.3) is 0 Å². The molecule has 0 saturated carbocycles. The normalized spacial score (nSPS) is 44.6. The van der Waals surface area contributed by atoms with E-state index in [-0.39, 0.29) is 12.0 Å². The molecule has 204 valence electrons. The molecule has 2 rings (SSSR count). The van der Waals surface area contributed by atoms with Crippen molar-refractivity contribution in [1.29, 1.82) is 0 Å². The smallest absolute Gasteiger partial charge is 0.234 e. The Kier molecular flexibility index (Phi) is 9.61. The van der Waals surface area contributed by atoms with E-state index in [1.54, 1.807) is 0 Å². The van der Waals surface area contributed by atoms with Gasteiger partial charge in [-0.05, 0) is 39.7 Å². The van der Waals surface area contributed by atoms with Crippen molar-refractivity contribution in [2.24, 2.45) is 0 Å². The first-order valence-corrected chi connectivity index (χ1v) is 11.3. The van der Waals surface area contributed by atoms with E-state index < -0.39 is 79.2 Å². The fourth-order valence-corrected chi connectivity index (χ4v) is 4.42. The summed E-state index contributed by atoms with van der Waals surface area (Å²) >= 11 is 0. The summed E-state index contributed by atoms with van der Waals surface area (Å²) in [4.78, 5) is 0. The maximum Gasteiger partial charge on any atom is 0.234 e. The Morgan fingerprint density at radius 3 is 1.51 bits per heavy atom. The number of aliphatic hydroxyl groups excluding tert-OH is 8. The predicted octanol–water partition coefficient (Wildman–Crippen LogP) is -4.26. The lowest BCUT2D eigenvalue weighted by Crippen LogP contribution is -2.83. The molecule has 10 unspecified atom stereocenters. The third-order valence-corrected chi connectivity index (χ3v) is 6.57. The number of hydrogen-bond acceptors (Lipinski definition) is 13. The molecule has 2 heterocycles. The van der Waals surface area contributed by atoms with Crippen molar-refractivity contribution in [2.75, 3.05) is 13.2 Å². The standard InChI is InChI=1S/C22H38O13/c1-10(2)5-4-6-11(3)7-20(31,21(32)18(29)16(27)14(25)12(8-23)34-21)22(33)19(30)17(28)15(26)13(9-24)35-22/h5,7,12-19,23-33H,4,6,8-9H2,1-3H3/b11-7+. The van der Waals surface area contributed by atoms with Gasteiger partial charge in [-0.25, -0.2) is 0 Å². The van der Waals surface area contributed by atoms with Crippen LogP contribution >= 0.6 is 0 Å². The van der Waals surface area contributed by atoms with Gasteiger partial charge in [-0.2, -0.15) is 0 Å². The topological polar surface area (TPSA) is 241 Å². The number of ether oxygens (including phenoxy) is 2. The lowest BCUT2D eigenvalue weighted by atomic mass is 9.71. The van der Waals surface area contributed by atoms with Gasteiger partial charge in [0.1, 0.15) is 48.8 Å². The van der Waals surface area contributed by atoms with Gasteiger partial charge in [0.05, 0.1) is 13.2 Å². The number of hydrogen-bond donors (Lipinski definition) is 11. The monoisotopic (exact) mass is 510 g/mol. The Balaban J connectivity index is 2.72. The van der Waals surface area contributed by atoms with E-state index in [0.717, 1.165) is 11.6 Å². The van der Waals surface area contributed by atoms with Crippen molar-refractivity contribution in [3.05, 3.63) is 23.3 Å². The summed E-state index contributed by atoms with van der Waals surface area (Å²) in [6.45, 7) is 3.15. The van der Waals surface area contributed by atoms with Gasteiger partial charge in [-0.1, -0.05) is 17.2 Å². The van der Waals surface area contributed by atoms with Gasteiger partial charge in [0.15, 0.2) is 5.60 Å². The van der Waals surface area contributed by atoms with Crippen molar-refractivity contribution in [3.63, 3.8) is 0 Å². The molecular weight excluding hydrogens is 472 g/mol. The first kappa shape index (κ1) is 30.2. The van der Waals surface area contributed by atoms with Gasteiger partial charge in [-0.15, -0.1) is 0 Å². The second kappa shape index (κ2) is 11.1. The van der Waals surface area contributed by atoms with Gasteiger partial charge >= 0.3 is 0 Å². The van der Waals surface area contributed by atoms with Gasteiger partial charge < -0.3 is 65.6 Å². The predicted molar refractivity (Wildman–Crippen MR) is 117 cm³/mol. The molecule has 35 heavy (non-hydrogen) atoms. The molecule has 0 aromatic heterocycles. The fraction of sp³-hybridized carbons (Fsp3) is 0.818. The van der Waals surface area contributed by atoms with Crippen LogP contribution in [0, 0.1) is 0 Å². The number of allylic oxidation sites excluding steroid dienone is 3. The highest BCUT2D eigenvalue weighted by atomic mass is 16.7. The lowest BCUT2D eigenvalue weighted by Gasteiger charge is -2.59. The average Bonchev–Trinajstić information content (AvgIpc) is 2.80. The SMILES string of the molecule is CC(C)=CCC/C(C)=C/C(O)(C1(O)OC(CO)C(O)C(O)C1O)C1(O)OC(CO)C(O)C(O)C1O. The Bertz CT molecular complexity index is 737. The van der Waals surface area contributed by atoms with Crippen LogP contribution in [0.3, 0.4) is 0 Å². The zero-order valence-electron chi connectivity index (χ0n) is 19.8. The van der Waals surface area contributed by atoms with Crippen molar-refractivity contribution in [3.8, 4) is 0 Å². The molecule has 0 aromatic carbocycles. The lowest BCUT2D eigenvalue weighted by molar-refractivity contribution is -0.468. The molecule has 10 atom stereocenters. The molecule has 2 aliphatic rings. The molecule has 0 radical (unpaired) electrons. The minimum absolute atomic E-state index is 0.217. The summed E-state index contributed by atoms with van der Waals surface area (Å²) in [5.41, 5.74) is -2.19. The molecule has 0 amide bonds. The van der Waals surface area contributed by atoms with E-state index in [2.05, 4.69) is 0 Å². The largest absolute Gasteiger partial charge is 0.394 e. The van der Waals surface area contributed by atoms with Crippen molar-refractivity contribution < 1.29 is 65.6 Å². The Morgan fingerprint density at radius 2 is 1.17 bits per heavy atom. The zero-order chi connectivity index (χ0) is 26.9. The minimum atomic E-state index is -3.46. The van der Waals surface area contributed by atoms with E-state index in [1.165, 1.54) is 6.92 Å². The second-order valence-corrected chi connectivity index (χ2v) is 9.50. The molecule has 2 saturated heterocycles. The van der Waals surface area contributed by atoms with Crippen LogP contribution < -0.4 is 0 Å². The number of aliphatic hydroxyl groups is 11. The van der Waals surface area contributed by atoms with Gasteiger partial charge in [-0.3, -0.25) is 0 Å².